The Morgan fingerprint density at radius 1 is 1.41 bits per heavy atom. The number of hydrogen-bond donors (Lipinski definition) is 1. The fourth-order valence-electron chi connectivity index (χ4n) is 3.11. The topological polar surface area (TPSA) is 33.1 Å². The number of nitrogens with one attached hydrogen (secondary N) is 1. The SMILES string of the molecule is CCn1ccnc1CN1CCCC(Nc2cccc(F)c2)C1. The van der Waals surface area contributed by atoms with Crippen molar-refractivity contribution in [3.8, 4) is 0 Å². The van der Waals surface area contributed by atoms with Crippen LogP contribution in [0.5, 0.6) is 0 Å². The highest BCUT2D eigenvalue weighted by Crippen LogP contribution is 2.18. The summed E-state index contributed by atoms with van der Waals surface area (Å²) < 4.78 is 15.5. The van der Waals surface area contributed by atoms with Gasteiger partial charge in [0.2, 0.25) is 0 Å². The molecule has 4 nitrogen and oxygen atoms in total. The predicted molar refractivity (Wildman–Crippen MR) is 86.2 cm³/mol. The van der Waals surface area contributed by atoms with Gasteiger partial charge in [-0.05, 0) is 44.5 Å². The van der Waals surface area contributed by atoms with Crippen molar-refractivity contribution in [1.29, 1.82) is 0 Å². The first kappa shape index (κ1) is 15.0. The molecular formula is C17H23FN4. The summed E-state index contributed by atoms with van der Waals surface area (Å²) in [6.07, 6.45) is 6.17. The van der Waals surface area contributed by atoms with E-state index in [1.807, 2.05) is 18.5 Å². The first-order valence-electron chi connectivity index (χ1n) is 7.99. The van der Waals surface area contributed by atoms with Gasteiger partial charge in [0.15, 0.2) is 0 Å². The quantitative estimate of drug-likeness (QED) is 0.921. The van der Waals surface area contributed by atoms with E-state index in [-0.39, 0.29) is 5.82 Å². The molecule has 22 heavy (non-hydrogen) atoms. The summed E-state index contributed by atoms with van der Waals surface area (Å²) in [4.78, 5) is 6.88. The van der Waals surface area contributed by atoms with Crippen molar-refractivity contribution in [2.45, 2.75) is 38.9 Å². The highest BCUT2D eigenvalue weighted by atomic mass is 19.1. The number of piperidine rings is 1. The fraction of sp³-hybridized carbons (Fsp3) is 0.471. The zero-order valence-corrected chi connectivity index (χ0v) is 13.0. The maximum absolute atomic E-state index is 13.3. The second kappa shape index (κ2) is 6.92. The molecule has 0 bridgehead atoms. The van der Waals surface area contributed by atoms with Gasteiger partial charge in [-0.15, -0.1) is 0 Å². The average molecular weight is 302 g/mol. The van der Waals surface area contributed by atoms with Gasteiger partial charge in [0, 0.05) is 37.2 Å². The van der Waals surface area contributed by atoms with E-state index in [2.05, 4.69) is 26.7 Å². The molecule has 1 unspecified atom stereocenters. The van der Waals surface area contributed by atoms with Gasteiger partial charge in [0.05, 0.1) is 6.54 Å². The van der Waals surface area contributed by atoms with Crippen LogP contribution in [0.15, 0.2) is 36.7 Å². The van der Waals surface area contributed by atoms with Gasteiger partial charge in [-0.25, -0.2) is 9.37 Å². The molecule has 1 aliphatic rings. The molecular weight excluding hydrogens is 279 g/mol. The van der Waals surface area contributed by atoms with Crippen LogP contribution in [0.3, 0.4) is 0 Å². The Bertz CT molecular complexity index is 610. The molecule has 118 valence electrons. The first-order valence-corrected chi connectivity index (χ1v) is 7.99. The van der Waals surface area contributed by atoms with Crippen molar-refractivity contribution in [2.24, 2.45) is 0 Å². The molecule has 1 fully saturated rings. The van der Waals surface area contributed by atoms with Crippen LogP contribution in [0.4, 0.5) is 10.1 Å². The molecule has 5 heteroatoms. The number of halogens is 1. The molecule has 1 N–H and O–H groups in total. The van der Waals surface area contributed by atoms with Crippen LogP contribution >= 0.6 is 0 Å². The van der Waals surface area contributed by atoms with Crippen molar-refractivity contribution >= 4 is 5.69 Å². The van der Waals surface area contributed by atoms with Crippen LogP contribution in [0, 0.1) is 5.82 Å². The van der Waals surface area contributed by atoms with E-state index in [9.17, 15) is 4.39 Å². The number of rotatable bonds is 5. The minimum Gasteiger partial charge on any atom is -0.381 e. The maximum Gasteiger partial charge on any atom is 0.125 e. The molecule has 0 saturated carbocycles. The Labute approximate surface area is 131 Å². The monoisotopic (exact) mass is 302 g/mol. The van der Waals surface area contributed by atoms with E-state index < -0.39 is 0 Å². The van der Waals surface area contributed by atoms with Crippen molar-refractivity contribution in [2.75, 3.05) is 18.4 Å². The van der Waals surface area contributed by atoms with Gasteiger partial charge >= 0.3 is 0 Å². The van der Waals surface area contributed by atoms with Gasteiger partial charge < -0.3 is 9.88 Å². The molecule has 1 aliphatic heterocycles. The number of nitrogens with zero attached hydrogens (tertiary/aromatic N) is 3. The molecule has 3 rings (SSSR count). The Morgan fingerprint density at radius 3 is 3.14 bits per heavy atom. The van der Waals surface area contributed by atoms with Gasteiger partial charge in [-0.1, -0.05) is 6.07 Å². The van der Waals surface area contributed by atoms with Crippen LogP contribution < -0.4 is 5.32 Å². The molecule has 0 amide bonds. The summed E-state index contributed by atoms with van der Waals surface area (Å²) in [6.45, 7) is 6.02. The highest BCUT2D eigenvalue weighted by Gasteiger charge is 2.21. The van der Waals surface area contributed by atoms with E-state index in [0.29, 0.717) is 6.04 Å². The zero-order chi connectivity index (χ0) is 15.4. The third kappa shape index (κ3) is 3.65. The fourth-order valence-corrected chi connectivity index (χ4v) is 3.11. The van der Waals surface area contributed by atoms with Crippen LogP contribution in [-0.4, -0.2) is 33.6 Å². The Kier molecular flexibility index (Phi) is 4.73. The predicted octanol–water partition coefficient (Wildman–Crippen LogP) is 3.12. The lowest BCUT2D eigenvalue weighted by atomic mass is 10.1. The number of anilines is 1. The summed E-state index contributed by atoms with van der Waals surface area (Å²) in [7, 11) is 0. The number of hydrogen-bond acceptors (Lipinski definition) is 3. The van der Waals surface area contributed by atoms with Gasteiger partial charge in [-0.3, -0.25) is 4.90 Å². The molecule has 2 aromatic rings. The van der Waals surface area contributed by atoms with E-state index in [1.165, 1.54) is 6.07 Å². The Balaban J connectivity index is 1.59. The second-order valence-electron chi connectivity index (χ2n) is 5.86. The minimum absolute atomic E-state index is 0.192. The number of aromatic nitrogens is 2. The van der Waals surface area contributed by atoms with E-state index in [0.717, 1.165) is 50.5 Å². The van der Waals surface area contributed by atoms with Gasteiger partial charge in [0.25, 0.3) is 0 Å². The highest BCUT2D eigenvalue weighted by molar-refractivity contribution is 5.44. The standard InChI is InChI=1S/C17H23FN4/c1-2-22-10-8-19-17(22)13-21-9-4-7-16(12-21)20-15-6-3-5-14(18)11-15/h3,5-6,8,10-11,16,20H,2,4,7,9,12-13H2,1H3. The third-order valence-corrected chi connectivity index (χ3v) is 4.21. The molecule has 0 radical (unpaired) electrons. The first-order chi connectivity index (χ1) is 10.7. The number of likely N-dealkylation sites (tertiary alicyclic amines) is 1. The van der Waals surface area contributed by atoms with Gasteiger partial charge in [-0.2, -0.15) is 0 Å². The molecule has 1 atom stereocenters. The Morgan fingerprint density at radius 2 is 2.32 bits per heavy atom. The van der Waals surface area contributed by atoms with E-state index in [1.54, 1.807) is 12.1 Å². The lowest BCUT2D eigenvalue weighted by molar-refractivity contribution is 0.201. The van der Waals surface area contributed by atoms with Crippen molar-refractivity contribution in [3.63, 3.8) is 0 Å². The molecule has 2 heterocycles. The number of benzene rings is 1. The molecule has 0 spiro atoms. The van der Waals surface area contributed by atoms with E-state index >= 15 is 0 Å². The number of aryl methyl sites for hydroxylation is 1. The molecule has 0 aliphatic carbocycles. The lowest BCUT2D eigenvalue weighted by Crippen LogP contribution is -2.42. The summed E-state index contributed by atoms with van der Waals surface area (Å²) in [5.74, 6) is 0.927. The normalized spacial score (nSPS) is 19.3. The van der Waals surface area contributed by atoms with Crippen molar-refractivity contribution < 1.29 is 4.39 Å². The van der Waals surface area contributed by atoms with Crippen LogP contribution in [0.25, 0.3) is 0 Å². The molecule has 1 aromatic carbocycles. The lowest BCUT2D eigenvalue weighted by Gasteiger charge is -2.33. The Hall–Kier alpha value is -1.88. The summed E-state index contributed by atoms with van der Waals surface area (Å²) >= 11 is 0. The van der Waals surface area contributed by atoms with Crippen LogP contribution in [0.2, 0.25) is 0 Å². The minimum atomic E-state index is -0.192. The van der Waals surface area contributed by atoms with Crippen molar-refractivity contribution in [3.05, 3.63) is 48.3 Å². The van der Waals surface area contributed by atoms with Crippen LogP contribution in [-0.2, 0) is 13.1 Å². The van der Waals surface area contributed by atoms with E-state index in [4.69, 9.17) is 0 Å². The summed E-state index contributed by atoms with van der Waals surface area (Å²) in [5, 5.41) is 3.45. The van der Waals surface area contributed by atoms with Gasteiger partial charge in [0.1, 0.15) is 11.6 Å². The smallest absolute Gasteiger partial charge is 0.125 e. The summed E-state index contributed by atoms with van der Waals surface area (Å²) in [6, 6.07) is 7.06. The average Bonchev–Trinajstić information content (AvgIpc) is 2.95. The summed E-state index contributed by atoms with van der Waals surface area (Å²) in [5.41, 5.74) is 0.863. The largest absolute Gasteiger partial charge is 0.381 e. The van der Waals surface area contributed by atoms with Crippen molar-refractivity contribution in [1.82, 2.24) is 14.5 Å². The molecule has 1 saturated heterocycles. The zero-order valence-electron chi connectivity index (χ0n) is 13.0. The third-order valence-electron chi connectivity index (χ3n) is 4.21. The second-order valence-corrected chi connectivity index (χ2v) is 5.86. The molecule has 1 aromatic heterocycles. The van der Waals surface area contributed by atoms with Crippen LogP contribution in [0.1, 0.15) is 25.6 Å². The maximum atomic E-state index is 13.3. The number of imidazole rings is 1.